The van der Waals surface area contributed by atoms with Gasteiger partial charge in [0.1, 0.15) is 6.04 Å². The average Bonchev–Trinajstić information content (AvgIpc) is 2.17. The van der Waals surface area contributed by atoms with Crippen LogP contribution in [0.15, 0.2) is 11.9 Å². The highest BCUT2D eigenvalue weighted by molar-refractivity contribution is 5.76. The van der Waals surface area contributed by atoms with Gasteiger partial charge in [-0.1, -0.05) is 0 Å². The van der Waals surface area contributed by atoms with Crippen molar-refractivity contribution in [1.82, 2.24) is 9.80 Å². The number of allylic oxidation sites excluding steroid dienone is 1. The molecule has 1 atom stereocenters. The maximum Gasteiger partial charge on any atom is 0.330 e. The maximum atomic E-state index is 11.4. The van der Waals surface area contributed by atoms with E-state index in [4.69, 9.17) is 4.74 Å². The van der Waals surface area contributed by atoms with Gasteiger partial charge >= 0.3 is 5.97 Å². The molecule has 4 heteroatoms. The number of hydrogen-bond acceptors (Lipinski definition) is 4. The molecular formula is C9H14N2O2. The molecule has 0 N–H and O–H groups in total. The zero-order chi connectivity index (χ0) is 9.42. The molecule has 1 fully saturated rings. The fourth-order valence-electron chi connectivity index (χ4n) is 2.02. The lowest BCUT2D eigenvalue weighted by Gasteiger charge is -2.46. The lowest BCUT2D eigenvalue weighted by Crippen LogP contribution is -2.58. The molecule has 0 aromatic carbocycles. The van der Waals surface area contributed by atoms with Crippen LogP contribution in [0.1, 0.15) is 6.92 Å². The number of fused-ring (bicyclic) bond motifs is 2. The molecule has 0 aromatic rings. The van der Waals surface area contributed by atoms with Crippen molar-refractivity contribution in [3.63, 3.8) is 0 Å². The maximum absolute atomic E-state index is 11.4. The van der Waals surface area contributed by atoms with E-state index >= 15 is 0 Å². The smallest absolute Gasteiger partial charge is 0.330 e. The van der Waals surface area contributed by atoms with Gasteiger partial charge in [-0.05, 0) is 6.92 Å². The fourth-order valence-corrected chi connectivity index (χ4v) is 2.02. The number of nitrogens with zero attached hydrogens (tertiary/aromatic N) is 2. The standard InChI is InChI=1S/C9H14N2O2/c1-7-5-10-3-4-11(7)8(6-10)9(12)13-2/h5,8H,3-4,6H2,1-2H3. The zero-order valence-electron chi connectivity index (χ0n) is 7.99. The number of methoxy groups -OCH3 is 1. The number of rotatable bonds is 1. The van der Waals surface area contributed by atoms with Crippen molar-refractivity contribution in [3.8, 4) is 0 Å². The summed E-state index contributed by atoms with van der Waals surface area (Å²) in [4.78, 5) is 15.7. The molecular weight excluding hydrogens is 168 g/mol. The quantitative estimate of drug-likeness (QED) is 0.535. The van der Waals surface area contributed by atoms with E-state index in [0.717, 1.165) is 25.3 Å². The third-order valence-electron chi connectivity index (χ3n) is 2.71. The Labute approximate surface area is 77.8 Å². The first-order valence-corrected chi connectivity index (χ1v) is 4.49. The third-order valence-corrected chi connectivity index (χ3v) is 2.71. The van der Waals surface area contributed by atoms with E-state index in [-0.39, 0.29) is 12.0 Å². The molecule has 0 aliphatic carbocycles. The van der Waals surface area contributed by atoms with Gasteiger partial charge in [0.15, 0.2) is 0 Å². The first-order valence-electron chi connectivity index (χ1n) is 4.49. The van der Waals surface area contributed by atoms with Crippen LogP contribution in [0, 0.1) is 0 Å². The zero-order valence-corrected chi connectivity index (χ0v) is 7.99. The van der Waals surface area contributed by atoms with Crippen LogP contribution < -0.4 is 0 Å². The molecule has 2 bridgehead atoms. The van der Waals surface area contributed by atoms with Gasteiger partial charge in [-0.3, -0.25) is 0 Å². The molecule has 0 aromatic heterocycles. The minimum atomic E-state index is -0.128. The van der Waals surface area contributed by atoms with Gasteiger partial charge in [0, 0.05) is 31.5 Å². The van der Waals surface area contributed by atoms with Crippen molar-refractivity contribution in [1.29, 1.82) is 0 Å². The highest BCUT2D eigenvalue weighted by Crippen LogP contribution is 2.23. The summed E-state index contributed by atoms with van der Waals surface area (Å²) in [7, 11) is 1.44. The second kappa shape index (κ2) is 2.94. The predicted molar refractivity (Wildman–Crippen MR) is 47.8 cm³/mol. The van der Waals surface area contributed by atoms with Crippen LogP contribution >= 0.6 is 0 Å². The van der Waals surface area contributed by atoms with Crippen LogP contribution in [0.25, 0.3) is 0 Å². The van der Waals surface area contributed by atoms with Crippen molar-refractivity contribution >= 4 is 5.97 Å². The lowest BCUT2D eigenvalue weighted by molar-refractivity contribution is -0.148. The van der Waals surface area contributed by atoms with E-state index in [1.54, 1.807) is 0 Å². The van der Waals surface area contributed by atoms with Gasteiger partial charge in [0.05, 0.1) is 7.11 Å². The Morgan fingerprint density at radius 3 is 2.92 bits per heavy atom. The van der Waals surface area contributed by atoms with E-state index in [1.807, 2.05) is 6.92 Å². The average molecular weight is 182 g/mol. The Morgan fingerprint density at radius 1 is 1.62 bits per heavy atom. The molecule has 1 unspecified atom stereocenters. The van der Waals surface area contributed by atoms with Crippen molar-refractivity contribution in [2.75, 3.05) is 26.7 Å². The van der Waals surface area contributed by atoms with Gasteiger partial charge in [-0.15, -0.1) is 0 Å². The second-order valence-electron chi connectivity index (χ2n) is 3.50. The van der Waals surface area contributed by atoms with Crippen LogP contribution in [-0.4, -0.2) is 48.6 Å². The minimum absolute atomic E-state index is 0.0938. The summed E-state index contributed by atoms with van der Waals surface area (Å²) in [6.07, 6.45) is 2.10. The van der Waals surface area contributed by atoms with Crippen molar-refractivity contribution in [2.24, 2.45) is 0 Å². The van der Waals surface area contributed by atoms with E-state index in [2.05, 4.69) is 16.0 Å². The van der Waals surface area contributed by atoms with E-state index in [1.165, 1.54) is 7.11 Å². The molecule has 72 valence electrons. The number of carbonyl (C=O) groups is 1. The molecule has 0 radical (unpaired) electrons. The van der Waals surface area contributed by atoms with Gasteiger partial charge in [0.25, 0.3) is 0 Å². The lowest BCUT2D eigenvalue weighted by atomic mass is 10.1. The Balaban J connectivity index is 2.18. The number of carbonyl (C=O) groups excluding carboxylic acids is 1. The predicted octanol–water partition coefficient (Wildman–Crippen LogP) is 0.0205. The number of ether oxygens (including phenoxy) is 1. The molecule has 3 aliphatic rings. The fraction of sp³-hybridized carbons (Fsp3) is 0.667. The van der Waals surface area contributed by atoms with Crippen molar-refractivity contribution in [2.45, 2.75) is 13.0 Å². The molecule has 3 rings (SSSR count). The summed E-state index contributed by atoms with van der Waals surface area (Å²) >= 11 is 0. The number of esters is 1. The van der Waals surface area contributed by atoms with Gasteiger partial charge < -0.3 is 14.5 Å². The number of piperazine rings is 1. The van der Waals surface area contributed by atoms with Crippen LogP contribution in [0.3, 0.4) is 0 Å². The van der Waals surface area contributed by atoms with Crippen molar-refractivity contribution < 1.29 is 9.53 Å². The van der Waals surface area contributed by atoms with Gasteiger partial charge in [-0.2, -0.15) is 0 Å². The molecule has 0 saturated carbocycles. The molecule has 13 heavy (non-hydrogen) atoms. The molecule has 4 nitrogen and oxygen atoms in total. The molecule has 0 amide bonds. The highest BCUT2D eigenvalue weighted by atomic mass is 16.5. The monoisotopic (exact) mass is 182 g/mol. The molecule has 3 aliphatic heterocycles. The summed E-state index contributed by atoms with van der Waals surface area (Å²) in [6.45, 7) is 4.75. The normalized spacial score (nSPS) is 26.0. The summed E-state index contributed by atoms with van der Waals surface area (Å²) in [5.41, 5.74) is 1.16. The molecule has 1 saturated heterocycles. The largest absolute Gasteiger partial charge is 0.467 e. The minimum Gasteiger partial charge on any atom is -0.467 e. The molecule has 3 heterocycles. The summed E-state index contributed by atoms with van der Waals surface area (Å²) in [5, 5.41) is 0. The topological polar surface area (TPSA) is 32.8 Å². The second-order valence-corrected chi connectivity index (χ2v) is 3.50. The van der Waals surface area contributed by atoms with E-state index in [0.29, 0.717) is 0 Å². The summed E-state index contributed by atoms with van der Waals surface area (Å²) in [5.74, 6) is -0.128. The van der Waals surface area contributed by atoms with Gasteiger partial charge in [0.2, 0.25) is 0 Å². The third kappa shape index (κ3) is 1.26. The van der Waals surface area contributed by atoms with Crippen LogP contribution in [-0.2, 0) is 9.53 Å². The van der Waals surface area contributed by atoms with Crippen LogP contribution in [0.2, 0.25) is 0 Å². The van der Waals surface area contributed by atoms with Crippen LogP contribution in [0.4, 0.5) is 0 Å². The van der Waals surface area contributed by atoms with Gasteiger partial charge in [-0.25, -0.2) is 4.79 Å². The summed E-state index contributed by atoms with van der Waals surface area (Å²) in [6, 6.07) is -0.0938. The Hall–Kier alpha value is -1.19. The summed E-state index contributed by atoms with van der Waals surface area (Å²) < 4.78 is 4.76. The first kappa shape index (κ1) is 8.41. The van der Waals surface area contributed by atoms with E-state index < -0.39 is 0 Å². The van der Waals surface area contributed by atoms with Crippen LogP contribution in [0.5, 0.6) is 0 Å². The Morgan fingerprint density at radius 2 is 2.38 bits per heavy atom. The SMILES string of the molecule is COC(=O)C1CN2C=C(C)N1CC2. The van der Waals surface area contributed by atoms with Crippen molar-refractivity contribution in [3.05, 3.63) is 11.9 Å². The number of hydrogen-bond donors (Lipinski definition) is 0. The van der Waals surface area contributed by atoms with E-state index in [9.17, 15) is 4.79 Å². The molecule has 0 spiro atoms. The highest BCUT2D eigenvalue weighted by Gasteiger charge is 2.35. The first-order chi connectivity index (χ1) is 6.22. The Bertz CT molecular complexity index is 262. The Kier molecular flexibility index (Phi) is 1.90.